The number of quaternary nitrogens is 2. The van der Waals surface area contributed by atoms with E-state index in [4.69, 9.17) is 52.1 Å². The highest BCUT2D eigenvalue weighted by Crippen LogP contribution is 2.46. The fourth-order valence-corrected chi connectivity index (χ4v) is 9.99. The Kier molecular flexibility index (Phi) is 17.4. The van der Waals surface area contributed by atoms with E-state index in [0.29, 0.717) is 75.5 Å². The molecule has 6 rings (SSSR count). The monoisotopic (exact) mass is 942 g/mol. The highest BCUT2D eigenvalue weighted by Gasteiger charge is 2.41. The predicted molar refractivity (Wildman–Crippen MR) is 257 cm³/mol. The van der Waals surface area contributed by atoms with Crippen LogP contribution in [-0.4, -0.2) is 138 Å². The number of carbonyl (C=O) groups excluding carboxylic acids is 2. The second kappa shape index (κ2) is 23.1. The van der Waals surface area contributed by atoms with E-state index in [0.717, 1.165) is 78.8 Å². The van der Waals surface area contributed by atoms with Crippen molar-refractivity contribution in [2.24, 2.45) is 0 Å². The molecule has 4 unspecified atom stereocenters. The van der Waals surface area contributed by atoms with Crippen molar-refractivity contribution in [3.63, 3.8) is 0 Å². The SMILES string of the molecule is COc1ccc(CC2c3cc(OC)c(OC)cc3CC[N+]2(C)CCCOC(=O)/C=C\C(=O)OCCC[N+]2(C)CCc3cc(OC)c(OC)cc3C2Cc2cc(OC)c(OC)c(OC)c2)cc1OC. The third kappa shape index (κ3) is 11.5. The summed E-state index contributed by atoms with van der Waals surface area (Å²) in [5, 5.41) is 0. The number of esters is 2. The summed E-state index contributed by atoms with van der Waals surface area (Å²) in [5.74, 6) is 4.60. The van der Waals surface area contributed by atoms with Gasteiger partial charge in [-0.05, 0) is 70.8 Å². The van der Waals surface area contributed by atoms with Gasteiger partial charge in [0.25, 0.3) is 0 Å². The van der Waals surface area contributed by atoms with Crippen LogP contribution in [0.4, 0.5) is 0 Å². The van der Waals surface area contributed by atoms with Gasteiger partial charge in [0.05, 0.1) is 117 Å². The maximum Gasteiger partial charge on any atom is 0.331 e. The molecule has 2 heterocycles. The number of methoxy groups -OCH3 is 9. The van der Waals surface area contributed by atoms with Gasteiger partial charge in [0, 0.05) is 61.8 Å². The molecular formula is C53H70N2O13+2. The Bertz CT molecular complexity index is 2390. The van der Waals surface area contributed by atoms with Gasteiger partial charge in [-0.1, -0.05) is 6.07 Å². The summed E-state index contributed by atoms with van der Waals surface area (Å²) in [6, 6.07) is 18.4. The molecule has 0 saturated carbocycles. The minimum Gasteiger partial charge on any atom is -0.493 e. The standard InChI is InChI=1S/C53H70N2O13/c1-54(22-18-37-31-45(60-5)47(62-7)33-39(37)41(54)26-35-14-15-43(58-3)44(28-35)59-4)20-12-24-67-51(56)16-17-52(57)68-25-13-21-55(2)23-19-38-32-46(61-6)48(63-8)34-40(38)42(55)27-36-29-49(64-9)53(66-11)50(30-36)65-10/h14-17,28-34,41-42H,12-13,18-27H2,1-11H3/q+2/b17-16-. The molecule has 4 atom stereocenters. The first kappa shape index (κ1) is 51.1. The van der Waals surface area contributed by atoms with Crippen molar-refractivity contribution < 1.29 is 70.7 Å². The molecule has 0 amide bonds. The van der Waals surface area contributed by atoms with Gasteiger partial charge in [0.1, 0.15) is 12.1 Å². The van der Waals surface area contributed by atoms with Crippen molar-refractivity contribution in [3.05, 3.63) is 100 Å². The second-order valence-electron chi connectivity index (χ2n) is 17.7. The summed E-state index contributed by atoms with van der Waals surface area (Å²) >= 11 is 0. The number of nitrogens with zero attached hydrogens (tertiary/aromatic N) is 2. The topological polar surface area (TPSA) is 136 Å². The number of ether oxygens (including phenoxy) is 11. The zero-order valence-electron chi connectivity index (χ0n) is 41.7. The second-order valence-corrected chi connectivity index (χ2v) is 17.7. The number of hydrogen-bond donors (Lipinski definition) is 0. The maximum atomic E-state index is 12.9. The Morgan fingerprint density at radius 2 is 0.868 bits per heavy atom. The first-order chi connectivity index (χ1) is 32.8. The molecular weight excluding hydrogens is 873 g/mol. The van der Waals surface area contributed by atoms with Crippen LogP contribution in [0.5, 0.6) is 51.7 Å². The van der Waals surface area contributed by atoms with Gasteiger partial charge in [0.2, 0.25) is 5.75 Å². The lowest BCUT2D eigenvalue weighted by molar-refractivity contribution is -0.941. The van der Waals surface area contributed by atoms with E-state index in [-0.39, 0.29) is 25.3 Å². The van der Waals surface area contributed by atoms with E-state index in [1.54, 1.807) is 64.0 Å². The molecule has 0 fully saturated rings. The Balaban J connectivity index is 1.05. The number of carbonyl (C=O) groups is 2. The Hall–Kier alpha value is -6.32. The summed E-state index contributed by atoms with van der Waals surface area (Å²) in [7, 11) is 19.2. The van der Waals surface area contributed by atoms with Crippen LogP contribution < -0.4 is 42.6 Å². The zero-order chi connectivity index (χ0) is 49.0. The Labute approximate surface area is 401 Å². The van der Waals surface area contributed by atoms with Gasteiger partial charge in [0.15, 0.2) is 46.0 Å². The normalized spacial score (nSPS) is 19.5. The lowest BCUT2D eigenvalue weighted by Crippen LogP contribution is -2.52. The molecule has 0 bridgehead atoms. The van der Waals surface area contributed by atoms with Gasteiger partial charge in [-0.3, -0.25) is 0 Å². The minimum absolute atomic E-state index is 0.0122. The van der Waals surface area contributed by atoms with Crippen LogP contribution >= 0.6 is 0 Å². The van der Waals surface area contributed by atoms with Crippen molar-refractivity contribution in [3.8, 4) is 51.7 Å². The van der Waals surface area contributed by atoms with Crippen molar-refractivity contribution in [2.45, 2.75) is 50.6 Å². The number of likely N-dealkylation sites (N-methyl/N-ethyl adjacent to an activating group) is 2. The largest absolute Gasteiger partial charge is 0.493 e. The summed E-state index contributed by atoms with van der Waals surface area (Å²) in [4.78, 5) is 25.7. The van der Waals surface area contributed by atoms with Gasteiger partial charge in [-0.2, -0.15) is 0 Å². The molecule has 68 heavy (non-hydrogen) atoms. The first-order valence-electron chi connectivity index (χ1n) is 23.0. The van der Waals surface area contributed by atoms with Gasteiger partial charge in [-0.25, -0.2) is 9.59 Å². The third-order valence-electron chi connectivity index (χ3n) is 13.8. The van der Waals surface area contributed by atoms with Crippen molar-refractivity contribution in [1.29, 1.82) is 0 Å². The van der Waals surface area contributed by atoms with Crippen LogP contribution in [0.3, 0.4) is 0 Å². The molecule has 4 aromatic rings. The van der Waals surface area contributed by atoms with E-state index < -0.39 is 11.9 Å². The molecule has 0 aliphatic carbocycles. The third-order valence-corrected chi connectivity index (χ3v) is 13.8. The summed E-state index contributed by atoms with van der Waals surface area (Å²) in [5.41, 5.74) is 6.90. The number of rotatable bonds is 23. The van der Waals surface area contributed by atoms with E-state index in [1.807, 2.05) is 24.3 Å². The molecule has 4 aromatic carbocycles. The van der Waals surface area contributed by atoms with Crippen molar-refractivity contribution >= 4 is 11.9 Å². The van der Waals surface area contributed by atoms with Gasteiger partial charge in [-0.15, -0.1) is 0 Å². The van der Waals surface area contributed by atoms with Crippen LogP contribution in [-0.2, 0) is 44.7 Å². The molecule has 0 saturated heterocycles. The molecule has 2 aliphatic rings. The van der Waals surface area contributed by atoms with Crippen LogP contribution in [0.25, 0.3) is 0 Å². The summed E-state index contributed by atoms with van der Waals surface area (Å²) in [6.45, 7) is 3.59. The Morgan fingerprint density at radius 1 is 0.485 bits per heavy atom. The number of hydrogen-bond acceptors (Lipinski definition) is 13. The maximum absolute atomic E-state index is 12.9. The van der Waals surface area contributed by atoms with Crippen LogP contribution in [0, 0.1) is 0 Å². The first-order valence-corrected chi connectivity index (χ1v) is 23.0. The van der Waals surface area contributed by atoms with Gasteiger partial charge >= 0.3 is 11.9 Å². The van der Waals surface area contributed by atoms with Crippen molar-refractivity contribution in [1.82, 2.24) is 0 Å². The molecule has 0 aromatic heterocycles. The average Bonchev–Trinajstić information content (AvgIpc) is 3.36. The summed E-state index contributed by atoms with van der Waals surface area (Å²) < 4.78 is 63.5. The molecule has 0 spiro atoms. The van der Waals surface area contributed by atoms with Crippen LogP contribution in [0.1, 0.15) is 58.3 Å². The molecule has 0 N–H and O–H groups in total. The fourth-order valence-electron chi connectivity index (χ4n) is 9.99. The van der Waals surface area contributed by atoms with Crippen LogP contribution in [0.15, 0.2) is 66.7 Å². The molecule has 368 valence electrons. The highest BCUT2D eigenvalue weighted by atomic mass is 16.5. The van der Waals surface area contributed by atoms with Crippen molar-refractivity contribution in [2.75, 3.05) is 117 Å². The van der Waals surface area contributed by atoms with Gasteiger partial charge < -0.3 is 61.1 Å². The molecule has 2 aliphatic heterocycles. The lowest BCUT2D eigenvalue weighted by atomic mass is 9.86. The smallest absolute Gasteiger partial charge is 0.331 e. The number of fused-ring (bicyclic) bond motifs is 2. The van der Waals surface area contributed by atoms with E-state index in [2.05, 4.69) is 44.4 Å². The minimum atomic E-state index is -0.602. The van der Waals surface area contributed by atoms with E-state index >= 15 is 0 Å². The fraction of sp³-hybridized carbons (Fsp3) is 0.472. The van der Waals surface area contributed by atoms with E-state index in [9.17, 15) is 9.59 Å². The zero-order valence-corrected chi connectivity index (χ0v) is 41.7. The molecule has 15 nitrogen and oxygen atoms in total. The Morgan fingerprint density at radius 3 is 1.28 bits per heavy atom. The summed E-state index contributed by atoms with van der Waals surface area (Å²) in [6.07, 6.45) is 6.58. The highest BCUT2D eigenvalue weighted by molar-refractivity contribution is 5.91. The lowest BCUT2D eigenvalue weighted by Gasteiger charge is -2.46. The quantitative estimate of drug-likeness (QED) is 0.0316. The number of benzene rings is 4. The molecule has 15 heteroatoms. The van der Waals surface area contributed by atoms with Crippen LogP contribution in [0.2, 0.25) is 0 Å². The molecule has 0 radical (unpaired) electrons. The predicted octanol–water partition coefficient (Wildman–Crippen LogP) is 7.46. The van der Waals surface area contributed by atoms with E-state index in [1.165, 1.54) is 16.7 Å². The average molecular weight is 943 g/mol.